The predicted molar refractivity (Wildman–Crippen MR) is 153 cm³/mol. The minimum atomic E-state index is -0.311. The second-order valence-electron chi connectivity index (χ2n) is 9.35. The van der Waals surface area contributed by atoms with E-state index < -0.39 is 0 Å². The molecule has 3 aromatic rings. The Morgan fingerprint density at radius 2 is 1.95 bits per heavy atom. The van der Waals surface area contributed by atoms with Gasteiger partial charge in [0.05, 0.1) is 10.8 Å². The molecule has 1 heterocycles. The van der Waals surface area contributed by atoms with Crippen LogP contribution in [0.2, 0.25) is 0 Å². The fourth-order valence-corrected chi connectivity index (χ4v) is 6.98. The van der Waals surface area contributed by atoms with Crippen molar-refractivity contribution in [3.8, 4) is 6.07 Å². The first-order valence-electron chi connectivity index (χ1n) is 13.0. The molecule has 1 aliphatic carbocycles. The maximum absolute atomic E-state index is 13.3. The first-order chi connectivity index (χ1) is 18.0. The van der Waals surface area contributed by atoms with Crippen LogP contribution >= 0.6 is 23.1 Å². The van der Waals surface area contributed by atoms with E-state index in [4.69, 9.17) is 0 Å². The number of thiophene rings is 1. The van der Waals surface area contributed by atoms with Gasteiger partial charge in [0.25, 0.3) is 0 Å². The lowest BCUT2D eigenvalue weighted by Crippen LogP contribution is -2.24. The molecule has 1 aromatic heterocycles. The number of nitrogens with one attached hydrogen (secondary N) is 2. The molecule has 0 aliphatic heterocycles. The minimum Gasteiger partial charge on any atom is -0.326 e. The molecule has 0 spiro atoms. The SMILES string of the molecule is CCCCC(=O)Nc1cccc(SC(CC)C(=O)Nc2sc3c(c2C#N)CCC(c2ccccc2)C3)c1. The molecule has 0 bridgehead atoms. The van der Waals surface area contributed by atoms with Crippen molar-refractivity contribution in [2.45, 2.75) is 74.9 Å². The molecule has 7 heteroatoms. The van der Waals surface area contributed by atoms with Gasteiger partial charge in [-0.3, -0.25) is 9.59 Å². The normalized spacial score (nSPS) is 15.3. The molecule has 2 unspecified atom stereocenters. The number of benzene rings is 2. The van der Waals surface area contributed by atoms with Crippen LogP contribution in [0.4, 0.5) is 10.7 Å². The highest BCUT2D eigenvalue weighted by atomic mass is 32.2. The van der Waals surface area contributed by atoms with Crippen molar-refractivity contribution >= 4 is 45.6 Å². The Hall–Kier alpha value is -3.08. The second-order valence-corrected chi connectivity index (χ2v) is 11.7. The lowest BCUT2D eigenvalue weighted by Gasteiger charge is -2.22. The third-order valence-electron chi connectivity index (χ3n) is 6.70. The van der Waals surface area contributed by atoms with Gasteiger partial charge < -0.3 is 10.6 Å². The number of thioether (sulfide) groups is 1. The first kappa shape index (κ1) is 27.0. The van der Waals surface area contributed by atoms with E-state index in [-0.39, 0.29) is 17.1 Å². The zero-order valence-electron chi connectivity index (χ0n) is 21.4. The van der Waals surface area contributed by atoms with Gasteiger partial charge in [-0.25, -0.2) is 0 Å². The summed E-state index contributed by atoms with van der Waals surface area (Å²) in [6.07, 6.45) is 5.75. The Kier molecular flexibility index (Phi) is 9.43. The summed E-state index contributed by atoms with van der Waals surface area (Å²) in [4.78, 5) is 27.5. The van der Waals surface area contributed by atoms with E-state index in [0.717, 1.165) is 48.3 Å². The Labute approximate surface area is 227 Å². The van der Waals surface area contributed by atoms with Crippen molar-refractivity contribution in [2.24, 2.45) is 0 Å². The average Bonchev–Trinajstić information content (AvgIpc) is 3.27. The van der Waals surface area contributed by atoms with Gasteiger partial charge in [-0.1, -0.05) is 56.7 Å². The first-order valence-corrected chi connectivity index (χ1v) is 14.7. The molecule has 0 saturated heterocycles. The molecule has 2 N–H and O–H groups in total. The molecule has 2 aromatic carbocycles. The highest BCUT2D eigenvalue weighted by Crippen LogP contribution is 2.42. The van der Waals surface area contributed by atoms with Crippen LogP contribution in [-0.4, -0.2) is 17.1 Å². The van der Waals surface area contributed by atoms with Crippen LogP contribution in [0.5, 0.6) is 0 Å². The summed E-state index contributed by atoms with van der Waals surface area (Å²) in [6.45, 7) is 4.05. The zero-order valence-corrected chi connectivity index (χ0v) is 23.0. The summed E-state index contributed by atoms with van der Waals surface area (Å²) in [6, 6.07) is 20.5. The molecule has 2 amide bonds. The molecule has 2 atom stereocenters. The van der Waals surface area contributed by atoms with E-state index in [9.17, 15) is 14.9 Å². The second kappa shape index (κ2) is 12.9. The summed E-state index contributed by atoms with van der Waals surface area (Å²) < 4.78 is 0. The quantitative estimate of drug-likeness (QED) is 0.265. The fourth-order valence-electron chi connectivity index (χ4n) is 4.69. The van der Waals surface area contributed by atoms with Crippen LogP contribution in [0.25, 0.3) is 0 Å². The van der Waals surface area contributed by atoms with Gasteiger partial charge in [-0.05, 0) is 67.3 Å². The molecule has 37 heavy (non-hydrogen) atoms. The molecule has 192 valence electrons. The Bertz CT molecular complexity index is 1280. The highest BCUT2D eigenvalue weighted by Gasteiger charge is 2.28. The number of carbonyl (C=O) groups is 2. The maximum atomic E-state index is 13.3. The van der Waals surface area contributed by atoms with E-state index in [1.165, 1.54) is 22.2 Å². The number of nitriles is 1. The predicted octanol–water partition coefficient (Wildman–Crippen LogP) is 7.53. The van der Waals surface area contributed by atoms with Gasteiger partial charge in [0.15, 0.2) is 0 Å². The summed E-state index contributed by atoms with van der Waals surface area (Å²) in [5.74, 6) is 0.352. The summed E-state index contributed by atoms with van der Waals surface area (Å²) in [5, 5.41) is 16.3. The lowest BCUT2D eigenvalue weighted by molar-refractivity contribution is -0.116. The van der Waals surface area contributed by atoms with E-state index >= 15 is 0 Å². The standard InChI is InChI=1S/C30H33N3O2S2/c1-3-5-14-28(34)32-22-12-9-13-23(18-22)36-26(4-2)29(35)33-30-25(19-31)24-16-15-21(17-27(24)37-30)20-10-7-6-8-11-20/h6-13,18,21,26H,3-5,14-17H2,1-2H3,(H,32,34)(H,33,35). The lowest BCUT2D eigenvalue weighted by atomic mass is 9.83. The molecule has 0 saturated carbocycles. The van der Waals surface area contributed by atoms with Gasteiger partial charge in [0.1, 0.15) is 11.1 Å². The van der Waals surface area contributed by atoms with Crippen LogP contribution < -0.4 is 10.6 Å². The minimum absolute atomic E-state index is 0.00832. The van der Waals surface area contributed by atoms with Crippen LogP contribution in [0.15, 0.2) is 59.5 Å². The molecule has 0 radical (unpaired) electrons. The number of nitrogens with zero attached hydrogens (tertiary/aromatic N) is 1. The molecule has 1 aliphatic rings. The van der Waals surface area contributed by atoms with Crippen molar-refractivity contribution in [3.63, 3.8) is 0 Å². The molecule has 0 fully saturated rings. The van der Waals surface area contributed by atoms with Crippen molar-refractivity contribution in [3.05, 3.63) is 76.2 Å². The van der Waals surface area contributed by atoms with Gasteiger partial charge in [0, 0.05) is 21.9 Å². The van der Waals surface area contributed by atoms with E-state index in [2.05, 4.69) is 47.9 Å². The average molecular weight is 532 g/mol. The maximum Gasteiger partial charge on any atom is 0.238 e. The number of anilines is 2. The zero-order chi connectivity index (χ0) is 26.2. The molecular formula is C30H33N3O2S2. The summed E-state index contributed by atoms with van der Waals surface area (Å²) in [7, 11) is 0. The van der Waals surface area contributed by atoms with Crippen molar-refractivity contribution in [1.29, 1.82) is 5.26 Å². The van der Waals surface area contributed by atoms with Crippen molar-refractivity contribution < 1.29 is 9.59 Å². The van der Waals surface area contributed by atoms with Crippen LogP contribution in [0.1, 0.15) is 73.4 Å². The summed E-state index contributed by atoms with van der Waals surface area (Å²) in [5.41, 5.74) is 3.79. The van der Waals surface area contributed by atoms with Crippen molar-refractivity contribution in [2.75, 3.05) is 10.6 Å². The number of amides is 2. The number of unbranched alkanes of at least 4 members (excludes halogenated alkanes) is 1. The van der Waals surface area contributed by atoms with Gasteiger partial charge >= 0.3 is 0 Å². The van der Waals surface area contributed by atoms with E-state index in [0.29, 0.717) is 29.3 Å². The largest absolute Gasteiger partial charge is 0.326 e. The number of hydrogen-bond acceptors (Lipinski definition) is 5. The van der Waals surface area contributed by atoms with Gasteiger partial charge in [-0.2, -0.15) is 5.26 Å². The third kappa shape index (κ3) is 6.82. The molecular weight excluding hydrogens is 498 g/mol. The number of hydrogen-bond donors (Lipinski definition) is 2. The Balaban J connectivity index is 1.44. The summed E-state index contributed by atoms with van der Waals surface area (Å²) >= 11 is 3.03. The third-order valence-corrected chi connectivity index (χ3v) is 9.23. The molecule has 4 rings (SSSR count). The topological polar surface area (TPSA) is 82.0 Å². The van der Waals surface area contributed by atoms with Gasteiger partial charge in [-0.15, -0.1) is 23.1 Å². The molecule has 5 nitrogen and oxygen atoms in total. The van der Waals surface area contributed by atoms with Crippen LogP contribution in [0, 0.1) is 11.3 Å². The van der Waals surface area contributed by atoms with Crippen LogP contribution in [0.3, 0.4) is 0 Å². The van der Waals surface area contributed by atoms with Gasteiger partial charge in [0.2, 0.25) is 11.8 Å². The Morgan fingerprint density at radius 3 is 2.68 bits per heavy atom. The monoisotopic (exact) mass is 531 g/mol. The van der Waals surface area contributed by atoms with Crippen molar-refractivity contribution in [1.82, 2.24) is 0 Å². The number of carbonyl (C=O) groups excluding carboxylic acids is 2. The fraction of sp³-hybridized carbons (Fsp3) is 0.367. The smallest absolute Gasteiger partial charge is 0.238 e. The van der Waals surface area contributed by atoms with E-state index in [1.54, 1.807) is 11.3 Å². The number of rotatable bonds is 10. The Morgan fingerprint density at radius 1 is 1.14 bits per heavy atom. The number of fused-ring (bicyclic) bond motifs is 1. The van der Waals surface area contributed by atoms with E-state index in [1.807, 2.05) is 37.3 Å². The van der Waals surface area contributed by atoms with Crippen LogP contribution in [-0.2, 0) is 22.4 Å². The highest BCUT2D eigenvalue weighted by molar-refractivity contribution is 8.00.